The minimum atomic E-state index is -0.205. The van der Waals surface area contributed by atoms with Crippen molar-refractivity contribution in [1.29, 1.82) is 0 Å². The van der Waals surface area contributed by atoms with E-state index in [0.717, 1.165) is 22.7 Å². The van der Waals surface area contributed by atoms with E-state index in [0.29, 0.717) is 0 Å². The first-order chi connectivity index (χ1) is 27.8. The summed E-state index contributed by atoms with van der Waals surface area (Å²) in [4.78, 5) is 6.92. The average Bonchev–Trinajstić information content (AvgIpc) is 4.05. The molecule has 6 heteroatoms. The Bertz CT molecular complexity index is 3820. The molecule has 0 spiro atoms. The SMILES string of the molecule is c1ccc2c(c1)ccc1c3c4c5ccccc5n5c6ccccc6c(cc3n(C3=Nc6c(sc7ccccc67)C(n6c7ccccc7c7ccccc76)N3)c21)c45. The van der Waals surface area contributed by atoms with Gasteiger partial charge in [-0.1, -0.05) is 127 Å². The monoisotopic (exact) mass is 731 g/mol. The molecule has 5 nitrogen and oxygen atoms in total. The predicted octanol–water partition coefficient (Wildman–Crippen LogP) is 13.1. The Balaban J connectivity index is 1.18. The lowest BCUT2D eigenvalue weighted by Crippen LogP contribution is -2.39. The summed E-state index contributed by atoms with van der Waals surface area (Å²) in [5.41, 5.74) is 9.49. The zero-order valence-electron chi connectivity index (χ0n) is 29.9. The number of nitrogens with one attached hydrogen (secondary N) is 1. The molecule has 6 heterocycles. The van der Waals surface area contributed by atoms with Crippen molar-refractivity contribution < 1.29 is 0 Å². The first-order valence-corrected chi connectivity index (χ1v) is 20.0. The molecule has 0 radical (unpaired) electrons. The van der Waals surface area contributed by atoms with E-state index < -0.39 is 0 Å². The van der Waals surface area contributed by atoms with E-state index in [1.807, 2.05) is 11.3 Å². The van der Waals surface area contributed by atoms with Crippen LogP contribution >= 0.6 is 11.3 Å². The van der Waals surface area contributed by atoms with Gasteiger partial charge in [0.2, 0.25) is 5.96 Å². The van der Waals surface area contributed by atoms with Gasteiger partial charge in [-0.3, -0.25) is 4.57 Å². The maximum Gasteiger partial charge on any atom is 0.210 e. The van der Waals surface area contributed by atoms with Gasteiger partial charge in [-0.15, -0.1) is 11.3 Å². The number of aromatic nitrogens is 3. The zero-order chi connectivity index (χ0) is 36.2. The van der Waals surface area contributed by atoms with E-state index in [-0.39, 0.29) is 6.17 Å². The van der Waals surface area contributed by atoms with Gasteiger partial charge < -0.3 is 14.3 Å². The van der Waals surface area contributed by atoms with Crippen LogP contribution in [0.4, 0.5) is 5.69 Å². The van der Waals surface area contributed by atoms with Crippen LogP contribution in [0.3, 0.4) is 0 Å². The van der Waals surface area contributed by atoms with E-state index in [2.05, 4.69) is 183 Å². The van der Waals surface area contributed by atoms with Crippen LogP contribution in [0.25, 0.3) is 103 Å². The molecular formula is C50H29N5S. The summed E-state index contributed by atoms with van der Waals surface area (Å²) in [6.07, 6.45) is -0.205. The van der Waals surface area contributed by atoms with Crippen molar-refractivity contribution in [3.05, 3.63) is 169 Å². The molecule has 0 bridgehead atoms. The largest absolute Gasteiger partial charge is 0.330 e. The summed E-state index contributed by atoms with van der Waals surface area (Å²) in [7, 11) is 0. The lowest BCUT2D eigenvalue weighted by molar-refractivity contribution is 0.581. The van der Waals surface area contributed by atoms with Gasteiger partial charge in [0, 0.05) is 58.6 Å². The highest BCUT2D eigenvalue weighted by atomic mass is 32.1. The first kappa shape index (κ1) is 29.2. The van der Waals surface area contributed by atoms with E-state index in [4.69, 9.17) is 4.99 Å². The van der Waals surface area contributed by atoms with Crippen molar-refractivity contribution in [2.75, 3.05) is 0 Å². The number of hydrogen-bond donors (Lipinski definition) is 1. The Labute approximate surface area is 322 Å². The van der Waals surface area contributed by atoms with Gasteiger partial charge in [0.1, 0.15) is 6.17 Å². The Morgan fingerprint density at radius 1 is 0.464 bits per heavy atom. The number of para-hydroxylation sites is 4. The van der Waals surface area contributed by atoms with Crippen LogP contribution in [0.15, 0.2) is 169 Å². The van der Waals surface area contributed by atoms with Crippen molar-refractivity contribution in [3.63, 3.8) is 0 Å². The van der Waals surface area contributed by atoms with Crippen LogP contribution < -0.4 is 5.32 Å². The molecule has 260 valence electrons. The van der Waals surface area contributed by atoms with Gasteiger partial charge in [-0.2, -0.15) is 0 Å². The fourth-order valence-electron chi connectivity index (χ4n) is 10.2. The molecule has 56 heavy (non-hydrogen) atoms. The van der Waals surface area contributed by atoms with Crippen molar-refractivity contribution in [3.8, 4) is 0 Å². The Morgan fingerprint density at radius 3 is 1.80 bits per heavy atom. The molecule has 0 saturated carbocycles. The molecule has 0 amide bonds. The van der Waals surface area contributed by atoms with Gasteiger partial charge in [0.05, 0.1) is 49.2 Å². The van der Waals surface area contributed by atoms with Crippen molar-refractivity contribution in [2.45, 2.75) is 6.17 Å². The second-order valence-electron chi connectivity index (χ2n) is 15.1. The molecule has 1 aliphatic rings. The van der Waals surface area contributed by atoms with E-state index in [1.165, 1.54) is 96.4 Å². The summed E-state index contributed by atoms with van der Waals surface area (Å²) in [6, 6.07) is 60.0. The summed E-state index contributed by atoms with van der Waals surface area (Å²) < 4.78 is 8.67. The number of nitrogens with zero attached hydrogens (tertiary/aromatic N) is 4. The van der Waals surface area contributed by atoms with Gasteiger partial charge >= 0.3 is 0 Å². The number of hydrogen-bond acceptors (Lipinski definition) is 3. The van der Waals surface area contributed by atoms with Crippen LogP contribution in [0.2, 0.25) is 0 Å². The van der Waals surface area contributed by atoms with Gasteiger partial charge in [0.25, 0.3) is 0 Å². The average molecular weight is 732 g/mol. The quantitative estimate of drug-likeness (QED) is 0.179. The van der Waals surface area contributed by atoms with Crippen LogP contribution in [0.5, 0.6) is 0 Å². The molecular weight excluding hydrogens is 703 g/mol. The summed E-state index contributed by atoms with van der Waals surface area (Å²) in [5.74, 6) is 0.825. The van der Waals surface area contributed by atoms with Crippen LogP contribution in [0.1, 0.15) is 11.0 Å². The number of rotatable bonds is 1. The van der Waals surface area contributed by atoms with Crippen molar-refractivity contribution in [1.82, 2.24) is 18.9 Å². The minimum Gasteiger partial charge on any atom is -0.330 e. The summed E-state index contributed by atoms with van der Waals surface area (Å²) in [6.45, 7) is 0. The third kappa shape index (κ3) is 3.50. The van der Waals surface area contributed by atoms with Crippen LogP contribution in [0, 0.1) is 0 Å². The smallest absolute Gasteiger partial charge is 0.210 e. The first-order valence-electron chi connectivity index (χ1n) is 19.2. The number of thiophene rings is 1. The highest BCUT2D eigenvalue weighted by molar-refractivity contribution is 7.19. The third-order valence-electron chi connectivity index (χ3n) is 12.4. The molecule has 0 saturated heterocycles. The number of benzene rings is 8. The molecule has 0 aliphatic carbocycles. The van der Waals surface area contributed by atoms with Gasteiger partial charge in [-0.05, 0) is 41.8 Å². The highest BCUT2D eigenvalue weighted by Crippen LogP contribution is 2.49. The lowest BCUT2D eigenvalue weighted by Gasteiger charge is -2.28. The summed E-state index contributed by atoms with van der Waals surface area (Å²) >= 11 is 1.84. The highest BCUT2D eigenvalue weighted by Gasteiger charge is 2.33. The second kappa shape index (κ2) is 10.3. The molecule has 8 aromatic carbocycles. The molecule has 14 rings (SSSR count). The van der Waals surface area contributed by atoms with Gasteiger partial charge in [0.15, 0.2) is 0 Å². The molecule has 1 N–H and O–H groups in total. The van der Waals surface area contributed by atoms with Gasteiger partial charge in [-0.25, -0.2) is 4.99 Å². The van der Waals surface area contributed by atoms with Crippen LogP contribution in [-0.2, 0) is 0 Å². The number of fused-ring (bicyclic) bond motifs is 18. The second-order valence-corrected chi connectivity index (χ2v) is 16.2. The normalized spacial score (nSPS) is 14.9. The lowest BCUT2D eigenvalue weighted by atomic mass is 10.0. The van der Waals surface area contributed by atoms with Crippen molar-refractivity contribution in [2.24, 2.45) is 4.99 Å². The molecule has 5 aromatic heterocycles. The molecule has 1 atom stereocenters. The fourth-order valence-corrected chi connectivity index (χ4v) is 11.4. The number of aliphatic imine (C=N–C) groups is 1. The molecule has 0 fully saturated rings. The topological polar surface area (TPSA) is 38.7 Å². The third-order valence-corrected chi connectivity index (χ3v) is 13.6. The van der Waals surface area contributed by atoms with Crippen molar-refractivity contribution >= 4 is 126 Å². The molecule has 13 aromatic rings. The Kier molecular flexibility index (Phi) is 5.39. The van der Waals surface area contributed by atoms with E-state index in [9.17, 15) is 0 Å². The Morgan fingerprint density at radius 2 is 1.05 bits per heavy atom. The maximum atomic E-state index is 5.71. The minimum absolute atomic E-state index is 0.205. The van der Waals surface area contributed by atoms with E-state index >= 15 is 0 Å². The standard InChI is InChI=1S/C50H29N5S/c1-2-14-29-28(13-1)25-26-35-43-41(27-36-32-17-5-8-20-37(32)53-40-23-11-6-18-33(40)44(43)47(36)53)55(46(29)35)50-51-45-34-19-7-12-24-42(34)56-48(45)49(52-50)54-38-21-9-3-15-30(38)31-16-4-10-22-39(31)54/h1-27,49H,(H,51,52). The fraction of sp³-hybridized carbons (Fsp3) is 0.0200. The molecule has 1 unspecified atom stereocenters. The zero-order valence-corrected chi connectivity index (χ0v) is 30.7. The maximum absolute atomic E-state index is 5.71. The van der Waals surface area contributed by atoms with Crippen LogP contribution in [-0.4, -0.2) is 19.5 Å². The van der Waals surface area contributed by atoms with E-state index in [1.54, 1.807) is 0 Å². The molecule has 1 aliphatic heterocycles. The Hall–Kier alpha value is -7.15. The summed E-state index contributed by atoms with van der Waals surface area (Å²) in [5, 5.41) is 17.8. The predicted molar refractivity (Wildman–Crippen MR) is 237 cm³/mol.